The van der Waals surface area contributed by atoms with Gasteiger partial charge in [-0.3, -0.25) is 4.79 Å². The second-order valence-electron chi connectivity index (χ2n) is 5.71. The van der Waals surface area contributed by atoms with Gasteiger partial charge in [0.2, 0.25) is 5.91 Å². The van der Waals surface area contributed by atoms with Crippen molar-refractivity contribution in [3.05, 3.63) is 42.5 Å². The SMILES string of the molecule is C=CC(=O)Nc1ccc(C(O)CNC(=O)OC(C)(C)C)cc1. The molecule has 0 bridgehead atoms. The van der Waals surface area contributed by atoms with Crippen LogP contribution in [0.25, 0.3) is 0 Å². The molecule has 3 N–H and O–H groups in total. The van der Waals surface area contributed by atoms with E-state index in [4.69, 9.17) is 4.74 Å². The molecule has 0 aliphatic rings. The molecule has 6 nitrogen and oxygen atoms in total. The van der Waals surface area contributed by atoms with Crippen LogP contribution in [0, 0.1) is 0 Å². The van der Waals surface area contributed by atoms with Crippen LogP contribution in [0.3, 0.4) is 0 Å². The van der Waals surface area contributed by atoms with Gasteiger partial charge in [0.15, 0.2) is 0 Å². The summed E-state index contributed by atoms with van der Waals surface area (Å²) in [7, 11) is 0. The minimum atomic E-state index is -0.864. The second kappa shape index (κ2) is 7.61. The first-order valence-electron chi connectivity index (χ1n) is 6.89. The zero-order valence-corrected chi connectivity index (χ0v) is 13.1. The van der Waals surface area contributed by atoms with E-state index in [1.807, 2.05) is 0 Å². The van der Waals surface area contributed by atoms with Gasteiger partial charge in [0.25, 0.3) is 0 Å². The number of alkyl carbamates (subject to hydrolysis) is 1. The van der Waals surface area contributed by atoms with Gasteiger partial charge in [-0.2, -0.15) is 0 Å². The minimum absolute atomic E-state index is 0.0350. The Kier molecular flexibility index (Phi) is 6.12. The summed E-state index contributed by atoms with van der Waals surface area (Å²) in [5.41, 5.74) is 0.633. The maximum absolute atomic E-state index is 11.5. The van der Waals surface area contributed by atoms with Gasteiger partial charge in [-0.25, -0.2) is 4.79 Å². The van der Waals surface area contributed by atoms with Crippen LogP contribution in [-0.4, -0.2) is 29.3 Å². The molecule has 1 aromatic carbocycles. The van der Waals surface area contributed by atoms with Crippen molar-refractivity contribution in [1.29, 1.82) is 0 Å². The van der Waals surface area contributed by atoms with Crippen molar-refractivity contribution in [2.45, 2.75) is 32.5 Å². The van der Waals surface area contributed by atoms with Gasteiger partial charge in [-0.05, 0) is 44.5 Å². The quantitative estimate of drug-likeness (QED) is 0.729. The van der Waals surface area contributed by atoms with Crippen molar-refractivity contribution in [3.63, 3.8) is 0 Å². The number of amides is 2. The zero-order valence-electron chi connectivity index (χ0n) is 13.1. The molecule has 0 radical (unpaired) electrons. The van der Waals surface area contributed by atoms with E-state index in [9.17, 15) is 14.7 Å². The predicted molar refractivity (Wildman–Crippen MR) is 84.5 cm³/mol. The fraction of sp³-hybridized carbons (Fsp3) is 0.375. The number of carbonyl (C=O) groups is 2. The molecule has 0 saturated carbocycles. The highest BCUT2D eigenvalue weighted by Gasteiger charge is 2.17. The molecule has 6 heteroatoms. The molecule has 120 valence electrons. The molecule has 1 aromatic rings. The number of aliphatic hydroxyl groups is 1. The number of aliphatic hydroxyl groups excluding tert-OH is 1. The van der Waals surface area contributed by atoms with Crippen LogP contribution >= 0.6 is 0 Å². The van der Waals surface area contributed by atoms with Crippen molar-refractivity contribution in [2.24, 2.45) is 0 Å². The minimum Gasteiger partial charge on any atom is -0.444 e. The van der Waals surface area contributed by atoms with E-state index in [-0.39, 0.29) is 12.5 Å². The maximum atomic E-state index is 11.5. The van der Waals surface area contributed by atoms with Crippen LogP contribution in [0.2, 0.25) is 0 Å². The van der Waals surface area contributed by atoms with Crippen molar-refractivity contribution < 1.29 is 19.4 Å². The number of hydrogen-bond acceptors (Lipinski definition) is 4. The fourth-order valence-corrected chi connectivity index (χ4v) is 1.59. The Balaban J connectivity index is 2.52. The lowest BCUT2D eigenvalue weighted by molar-refractivity contribution is -0.111. The Bertz CT molecular complexity index is 532. The number of anilines is 1. The molecule has 1 unspecified atom stereocenters. The van der Waals surface area contributed by atoms with Gasteiger partial charge in [0.05, 0.1) is 12.6 Å². The van der Waals surface area contributed by atoms with E-state index in [0.29, 0.717) is 11.3 Å². The van der Waals surface area contributed by atoms with E-state index in [2.05, 4.69) is 17.2 Å². The highest BCUT2D eigenvalue weighted by Crippen LogP contribution is 2.16. The van der Waals surface area contributed by atoms with Crippen molar-refractivity contribution in [1.82, 2.24) is 5.32 Å². The lowest BCUT2D eigenvalue weighted by Gasteiger charge is -2.20. The van der Waals surface area contributed by atoms with Crippen LogP contribution in [0.4, 0.5) is 10.5 Å². The Hall–Kier alpha value is -2.34. The number of ether oxygens (including phenoxy) is 1. The molecule has 1 atom stereocenters. The van der Waals surface area contributed by atoms with E-state index >= 15 is 0 Å². The van der Waals surface area contributed by atoms with Gasteiger partial charge < -0.3 is 20.5 Å². The predicted octanol–water partition coefficient (Wildman–Crippen LogP) is 2.37. The van der Waals surface area contributed by atoms with Crippen LogP contribution in [0.1, 0.15) is 32.4 Å². The Morgan fingerprint density at radius 3 is 2.41 bits per heavy atom. The molecule has 0 aromatic heterocycles. The molecule has 1 rings (SSSR count). The standard InChI is InChI=1S/C16H22N2O4/c1-5-14(20)18-12-8-6-11(7-9-12)13(19)10-17-15(21)22-16(2,3)4/h5-9,13,19H,1,10H2,2-4H3,(H,17,21)(H,18,20). The summed E-state index contributed by atoms with van der Waals surface area (Å²) in [6.45, 7) is 8.69. The summed E-state index contributed by atoms with van der Waals surface area (Å²) >= 11 is 0. The van der Waals surface area contributed by atoms with Crippen LogP contribution < -0.4 is 10.6 Å². The number of rotatable bonds is 5. The van der Waals surface area contributed by atoms with E-state index in [1.165, 1.54) is 6.08 Å². The summed E-state index contributed by atoms with van der Waals surface area (Å²) in [6, 6.07) is 6.65. The van der Waals surface area contributed by atoms with Gasteiger partial charge in [0, 0.05) is 5.69 Å². The second-order valence-corrected chi connectivity index (χ2v) is 5.71. The average molecular weight is 306 g/mol. The third-order valence-electron chi connectivity index (χ3n) is 2.59. The van der Waals surface area contributed by atoms with Gasteiger partial charge in [0.1, 0.15) is 5.60 Å². The summed E-state index contributed by atoms with van der Waals surface area (Å²) < 4.78 is 5.08. The molecule has 0 heterocycles. The average Bonchev–Trinajstić information content (AvgIpc) is 2.43. The molecule has 0 fully saturated rings. The number of hydrogen-bond donors (Lipinski definition) is 3. The van der Waals surface area contributed by atoms with E-state index in [0.717, 1.165) is 0 Å². The van der Waals surface area contributed by atoms with E-state index in [1.54, 1.807) is 45.0 Å². The summed E-state index contributed by atoms with van der Waals surface area (Å²) in [5.74, 6) is -0.306. The highest BCUT2D eigenvalue weighted by atomic mass is 16.6. The monoisotopic (exact) mass is 306 g/mol. The Labute approximate surface area is 130 Å². The van der Waals surface area contributed by atoms with Crippen molar-refractivity contribution in [3.8, 4) is 0 Å². The molecule has 0 spiro atoms. The van der Waals surface area contributed by atoms with Crippen LogP contribution in [-0.2, 0) is 9.53 Å². The summed E-state index contributed by atoms with van der Waals surface area (Å²) in [5, 5.41) is 15.1. The normalized spacial score (nSPS) is 12.2. The van der Waals surface area contributed by atoms with E-state index < -0.39 is 17.8 Å². The third kappa shape index (κ3) is 6.41. The molecular formula is C16H22N2O4. The number of nitrogens with one attached hydrogen (secondary N) is 2. The largest absolute Gasteiger partial charge is 0.444 e. The van der Waals surface area contributed by atoms with Crippen LogP contribution in [0.15, 0.2) is 36.9 Å². The Morgan fingerprint density at radius 2 is 1.91 bits per heavy atom. The lowest BCUT2D eigenvalue weighted by atomic mass is 10.1. The highest BCUT2D eigenvalue weighted by molar-refractivity contribution is 5.98. The van der Waals surface area contributed by atoms with Gasteiger partial charge >= 0.3 is 6.09 Å². The summed E-state index contributed by atoms with van der Waals surface area (Å²) in [4.78, 5) is 22.7. The molecule has 0 aliphatic carbocycles. The maximum Gasteiger partial charge on any atom is 0.407 e. The molecule has 0 saturated heterocycles. The smallest absolute Gasteiger partial charge is 0.407 e. The van der Waals surface area contributed by atoms with Crippen molar-refractivity contribution >= 4 is 17.7 Å². The van der Waals surface area contributed by atoms with Crippen molar-refractivity contribution in [2.75, 3.05) is 11.9 Å². The molecule has 22 heavy (non-hydrogen) atoms. The van der Waals surface area contributed by atoms with Gasteiger partial charge in [-0.15, -0.1) is 0 Å². The Morgan fingerprint density at radius 1 is 1.32 bits per heavy atom. The third-order valence-corrected chi connectivity index (χ3v) is 2.59. The zero-order chi connectivity index (χ0) is 16.8. The number of benzene rings is 1. The molecule has 2 amide bonds. The first-order chi connectivity index (χ1) is 10.2. The first kappa shape index (κ1) is 17.7. The molecule has 0 aliphatic heterocycles. The number of carbonyl (C=O) groups excluding carboxylic acids is 2. The molecular weight excluding hydrogens is 284 g/mol. The first-order valence-corrected chi connectivity index (χ1v) is 6.89. The van der Waals surface area contributed by atoms with Crippen LogP contribution in [0.5, 0.6) is 0 Å². The lowest BCUT2D eigenvalue weighted by Crippen LogP contribution is -2.34. The van der Waals surface area contributed by atoms with Gasteiger partial charge in [-0.1, -0.05) is 18.7 Å². The topological polar surface area (TPSA) is 87.7 Å². The summed E-state index contributed by atoms with van der Waals surface area (Å²) in [6.07, 6.45) is -0.272. The fourth-order valence-electron chi connectivity index (χ4n) is 1.59.